The highest BCUT2D eigenvalue weighted by Crippen LogP contribution is 2.21. The number of nitrogens with zero attached hydrogens (tertiary/aromatic N) is 3. The third-order valence-electron chi connectivity index (χ3n) is 2.72. The Bertz CT molecular complexity index is 487. The fraction of sp³-hybridized carbons (Fsp3) is 0.417. The van der Waals surface area contributed by atoms with Crippen molar-refractivity contribution in [2.24, 2.45) is 0 Å². The van der Waals surface area contributed by atoms with Crippen molar-refractivity contribution in [3.8, 4) is 5.75 Å². The highest BCUT2D eigenvalue weighted by Gasteiger charge is 2.04. The van der Waals surface area contributed by atoms with Gasteiger partial charge in [-0.1, -0.05) is 28.6 Å². The van der Waals surface area contributed by atoms with Crippen molar-refractivity contribution in [3.63, 3.8) is 0 Å². The minimum absolute atomic E-state index is 0.751. The second kappa shape index (κ2) is 6.30. The van der Waals surface area contributed by atoms with Crippen LogP contribution in [0.15, 0.2) is 18.2 Å². The second-order valence-corrected chi connectivity index (χ2v) is 4.58. The van der Waals surface area contributed by atoms with Crippen molar-refractivity contribution < 1.29 is 4.74 Å². The highest BCUT2D eigenvalue weighted by atomic mass is 32.1. The lowest BCUT2D eigenvalue weighted by atomic mass is 10.1. The molecule has 5 nitrogen and oxygen atoms in total. The summed E-state index contributed by atoms with van der Waals surface area (Å²) in [6.45, 7) is 2.94. The van der Waals surface area contributed by atoms with Gasteiger partial charge in [0, 0.05) is 18.1 Å². The summed E-state index contributed by atoms with van der Waals surface area (Å²) in [5, 5.41) is 11.3. The number of aryl methyl sites for hydroxylation is 1. The van der Waals surface area contributed by atoms with Gasteiger partial charge in [-0.15, -0.1) is 0 Å². The lowest BCUT2D eigenvalue weighted by Gasteiger charge is -2.10. The molecule has 1 N–H and O–H groups in total. The van der Waals surface area contributed by atoms with Gasteiger partial charge >= 0.3 is 0 Å². The number of ether oxygens (including phenoxy) is 1. The Morgan fingerprint density at radius 2 is 2.28 bits per heavy atom. The maximum atomic E-state index is 5.37. The first-order valence-electron chi connectivity index (χ1n) is 5.88. The van der Waals surface area contributed by atoms with Crippen LogP contribution < -0.4 is 10.1 Å². The Morgan fingerprint density at radius 1 is 1.39 bits per heavy atom. The maximum Gasteiger partial charge on any atom is 0.225 e. The number of benzene rings is 1. The van der Waals surface area contributed by atoms with Crippen LogP contribution in [-0.2, 0) is 12.8 Å². The minimum atomic E-state index is 0.751. The number of nitrogens with one attached hydrogen (secondary N) is 1. The molecule has 0 fully saturated rings. The molecule has 6 heteroatoms. The van der Waals surface area contributed by atoms with Gasteiger partial charge < -0.3 is 10.1 Å². The summed E-state index contributed by atoms with van der Waals surface area (Å²) in [5.41, 5.74) is 2.53. The molecular formula is C12H16N4OS. The van der Waals surface area contributed by atoms with E-state index in [9.17, 15) is 0 Å². The molecule has 96 valence electrons. The maximum absolute atomic E-state index is 5.37. The van der Waals surface area contributed by atoms with E-state index < -0.39 is 0 Å². The van der Waals surface area contributed by atoms with Gasteiger partial charge in [0.25, 0.3) is 0 Å². The lowest BCUT2D eigenvalue weighted by Crippen LogP contribution is -2.06. The first-order chi connectivity index (χ1) is 8.83. The first-order valence-corrected chi connectivity index (χ1v) is 6.65. The molecule has 1 aromatic heterocycles. The highest BCUT2D eigenvalue weighted by molar-refractivity contribution is 7.09. The van der Waals surface area contributed by atoms with E-state index in [0.717, 1.165) is 30.3 Å². The van der Waals surface area contributed by atoms with Crippen LogP contribution >= 0.6 is 11.5 Å². The van der Waals surface area contributed by atoms with E-state index in [1.807, 2.05) is 6.07 Å². The first kappa shape index (κ1) is 12.8. The van der Waals surface area contributed by atoms with Gasteiger partial charge in [0.2, 0.25) is 5.13 Å². The summed E-state index contributed by atoms with van der Waals surface area (Å²) in [6.07, 6.45) is 1.92. The number of hydrogen-bond donors (Lipinski definition) is 1. The molecule has 0 radical (unpaired) electrons. The third-order valence-corrected chi connectivity index (χ3v) is 3.28. The van der Waals surface area contributed by atoms with Crippen molar-refractivity contribution >= 4 is 16.7 Å². The van der Waals surface area contributed by atoms with E-state index in [1.165, 1.54) is 22.7 Å². The van der Waals surface area contributed by atoms with Crippen LogP contribution in [0.1, 0.15) is 18.1 Å². The molecule has 1 aromatic carbocycles. The number of rotatable bonds is 6. The lowest BCUT2D eigenvalue weighted by molar-refractivity contribution is 0.409. The zero-order chi connectivity index (χ0) is 12.8. The number of anilines is 1. The number of methoxy groups -OCH3 is 1. The molecule has 0 aliphatic carbocycles. The summed E-state index contributed by atoms with van der Waals surface area (Å²) in [6, 6.07) is 6.32. The normalized spacial score (nSPS) is 10.3. The van der Waals surface area contributed by atoms with Gasteiger partial charge in [-0.25, -0.2) is 0 Å². The van der Waals surface area contributed by atoms with E-state index >= 15 is 0 Å². The van der Waals surface area contributed by atoms with Gasteiger partial charge in [-0.05, 0) is 35.2 Å². The molecule has 18 heavy (non-hydrogen) atoms. The summed E-state index contributed by atoms with van der Waals surface area (Å²) in [5.74, 6) is 0.935. The quantitative estimate of drug-likeness (QED) is 0.866. The van der Waals surface area contributed by atoms with Crippen LogP contribution in [0.25, 0.3) is 0 Å². The average Bonchev–Trinajstić information content (AvgIpc) is 2.92. The molecule has 0 saturated heterocycles. The Hall–Kier alpha value is -1.69. The molecule has 0 amide bonds. The Balaban J connectivity index is 1.98. The zero-order valence-electron chi connectivity index (χ0n) is 10.5. The molecule has 0 aliphatic heterocycles. The predicted molar refractivity (Wildman–Crippen MR) is 72.3 cm³/mol. The van der Waals surface area contributed by atoms with Gasteiger partial charge in [-0.2, -0.15) is 0 Å². The van der Waals surface area contributed by atoms with E-state index in [1.54, 1.807) is 7.11 Å². The molecule has 1 heterocycles. The molecule has 0 saturated carbocycles. The zero-order valence-corrected chi connectivity index (χ0v) is 11.3. The predicted octanol–water partition coefficient (Wildman–Crippen LogP) is 2.16. The summed E-state index contributed by atoms with van der Waals surface area (Å²) in [7, 11) is 1.70. The van der Waals surface area contributed by atoms with Crippen LogP contribution in [0.4, 0.5) is 5.13 Å². The van der Waals surface area contributed by atoms with Gasteiger partial charge in [0.15, 0.2) is 0 Å². The molecule has 0 bridgehead atoms. The SMILES string of the molecule is CCc1ccc(OC)c(CCNc2nnns2)c1. The smallest absolute Gasteiger partial charge is 0.225 e. The topological polar surface area (TPSA) is 59.9 Å². The summed E-state index contributed by atoms with van der Waals surface area (Å²) < 4.78 is 9.07. The van der Waals surface area contributed by atoms with E-state index in [0.29, 0.717) is 0 Å². The molecule has 0 atom stereocenters. The largest absolute Gasteiger partial charge is 0.496 e. The molecule has 2 rings (SSSR count). The third kappa shape index (κ3) is 3.16. The van der Waals surface area contributed by atoms with Gasteiger partial charge in [0.05, 0.1) is 7.11 Å². The minimum Gasteiger partial charge on any atom is -0.496 e. The Morgan fingerprint density at radius 3 is 2.94 bits per heavy atom. The average molecular weight is 264 g/mol. The van der Waals surface area contributed by atoms with Crippen molar-refractivity contribution in [1.82, 2.24) is 14.8 Å². The van der Waals surface area contributed by atoms with E-state index in [4.69, 9.17) is 4.74 Å². The van der Waals surface area contributed by atoms with Gasteiger partial charge in [-0.3, -0.25) is 0 Å². The number of aromatic nitrogens is 3. The molecule has 2 aromatic rings. The summed E-state index contributed by atoms with van der Waals surface area (Å²) >= 11 is 1.26. The Kier molecular flexibility index (Phi) is 4.46. The van der Waals surface area contributed by atoms with Crippen molar-refractivity contribution in [1.29, 1.82) is 0 Å². The van der Waals surface area contributed by atoms with Crippen LogP contribution in [0.2, 0.25) is 0 Å². The fourth-order valence-corrected chi connectivity index (χ4v) is 2.14. The van der Waals surface area contributed by atoms with Crippen molar-refractivity contribution in [3.05, 3.63) is 29.3 Å². The van der Waals surface area contributed by atoms with E-state index in [-0.39, 0.29) is 0 Å². The monoisotopic (exact) mass is 264 g/mol. The molecular weight excluding hydrogens is 248 g/mol. The molecule has 0 unspecified atom stereocenters. The van der Waals surface area contributed by atoms with Gasteiger partial charge in [0.1, 0.15) is 5.75 Å². The van der Waals surface area contributed by atoms with Crippen LogP contribution in [0.5, 0.6) is 5.75 Å². The van der Waals surface area contributed by atoms with Crippen LogP contribution in [0.3, 0.4) is 0 Å². The summed E-state index contributed by atoms with van der Waals surface area (Å²) in [4.78, 5) is 0. The Labute approximate surface area is 110 Å². The molecule has 0 aliphatic rings. The second-order valence-electron chi connectivity index (χ2n) is 3.84. The van der Waals surface area contributed by atoms with Crippen LogP contribution in [-0.4, -0.2) is 28.5 Å². The van der Waals surface area contributed by atoms with Crippen molar-refractivity contribution in [2.75, 3.05) is 19.0 Å². The fourth-order valence-electron chi connectivity index (χ4n) is 1.75. The standard InChI is InChI=1S/C12H16N4OS/c1-3-9-4-5-11(17-2)10(8-9)6-7-13-12-14-15-16-18-12/h4-5,8H,3,6-7H2,1-2H3,(H,13,14,16). The van der Waals surface area contributed by atoms with Crippen molar-refractivity contribution in [2.45, 2.75) is 19.8 Å². The number of hydrogen-bond acceptors (Lipinski definition) is 6. The van der Waals surface area contributed by atoms with E-state index in [2.05, 4.69) is 39.2 Å². The van der Waals surface area contributed by atoms with Crippen LogP contribution in [0, 0.1) is 0 Å². The molecule has 0 spiro atoms.